The summed E-state index contributed by atoms with van der Waals surface area (Å²) in [5.74, 6) is -1.29. The Morgan fingerprint density at radius 2 is 1.70 bits per heavy atom. The van der Waals surface area contributed by atoms with E-state index in [1.54, 1.807) is 20.8 Å². The highest BCUT2D eigenvalue weighted by Crippen LogP contribution is 2.36. The van der Waals surface area contributed by atoms with Gasteiger partial charge in [-0.15, -0.1) is 0 Å². The van der Waals surface area contributed by atoms with Crippen LogP contribution in [0.3, 0.4) is 0 Å². The zero-order valence-corrected chi connectivity index (χ0v) is 14.2. The van der Waals surface area contributed by atoms with Crippen LogP contribution in [-0.4, -0.2) is 39.1 Å². The van der Waals surface area contributed by atoms with E-state index in [9.17, 15) is 20.1 Å². The van der Waals surface area contributed by atoms with Crippen LogP contribution < -0.4 is 10.6 Å². The molecule has 0 spiro atoms. The third-order valence-corrected chi connectivity index (χ3v) is 2.94. The molecule has 7 heteroatoms. The van der Waals surface area contributed by atoms with Gasteiger partial charge in [0.25, 0.3) is 0 Å². The predicted molar refractivity (Wildman–Crippen MR) is 86.6 cm³/mol. The first-order valence-corrected chi connectivity index (χ1v) is 7.36. The van der Waals surface area contributed by atoms with E-state index in [1.165, 1.54) is 12.1 Å². The number of phenols is 3. The molecule has 1 rings (SSSR count). The van der Waals surface area contributed by atoms with Crippen LogP contribution in [0, 0.1) is 0 Å². The first kappa shape index (κ1) is 18.9. The Balaban J connectivity index is 2.54. The fraction of sp³-hybridized carbons (Fsp3) is 0.562. The lowest BCUT2D eigenvalue weighted by molar-refractivity contribution is 0.0472. The predicted octanol–water partition coefficient (Wildman–Crippen LogP) is 2.20. The van der Waals surface area contributed by atoms with Crippen molar-refractivity contribution < 1.29 is 24.9 Å². The Morgan fingerprint density at radius 1 is 1.09 bits per heavy atom. The van der Waals surface area contributed by atoms with Crippen molar-refractivity contribution in [3.05, 3.63) is 17.7 Å². The molecule has 130 valence electrons. The van der Waals surface area contributed by atoms with Gasteiger partial charge in [-0.1, -0.05) is 6.07 Å². The molecule has 1 amide bonds. The van der Waals surface area contributed by atoms with E-state index in [0.29, 0.717) is 12.1 Å². The number of carbonyl (C=O) groups is 1. The van der Waals surface area contributed by atoms with Crippen LogP contribution in [0.25, 0.3) is 0 Å². The van der Waals surface area contributed by atoms with E-state index in [2.05, 4.69) is 10.6 Å². The normalized spacial score (nSPS) is 12.0. The van der Waals surface area contributed by atoms with Gasteiger partial charge in [0.05, 0.1) is 5.54 Å². The summed E-state index contributed by atoms with van der Waals surface area (Å²) in [6.45, 7) is 9.70. The number of rotatable bonds is 5. The smallest absolute Gasteiger partial charge is 0.408 e. The molecule has 23 heavy (non-hydrogen) atoms. The van der Waals surface area contributed by atoms with Crippen LogP contribution in [0.1, 0.15) is 40.2 Å². The Bertz CT molecular complexity index is 564. The molecule has 1 aromatic rings. The van der Waals surface area contributed by atoms with Gasteiger partial charge in [0.2, 0.25) is 5.75 Å². The Morgan fingerprint density at radius 3 is 2.26 bits per heavy atom. The summed E-state index contributed by atoms with van der Waals surface area (Å²) in [6.07, 6.45) is -0.505. The number of benzene rings is 1. The number of carbonyl (C=O) groups excluding carboxylic acids is 1. The SMILES string of the molecule is CC(C)(CNCc1ccc(O)c(O)c1O)NC(=O)OC(C)(C)C. The molecule has 0 fully saturated rings. The van der Waals surface area contributed by atoms with Crippen molar-refractivity contribution in [3.8, 4) is 17.2 Å². The Hall–Kier alpha value is -2.15. The first-order valence-electron chi connectivity index (χ1n) is 7.36. The largest absolute Gasteiger partial charge is 0.504 e. The molecule has 7 nitrogen and oxygen atoms in total. The standard InChI is InChI=1S/C16H26N2O5/c1-15(2,3)23-14(22)18-16(4,5)9-17-8-10-6-7-11(19)13(21)12(10)20/h6-7,17,19-21H,8-9H2,1-5H3,(H,18,22). The fourth-order valence-corrected chi connectivity index (χ4v) is 1.89. The third kappa shape index (κ3) is 6.23. The molecule has 1 aromatic carbocycles. The zero-order valence-electron chi connectivity index (χ0n) is 14.2. The monoisotopic (exact) mass is 326 g/mol. The molecule has 0 heterocycles. The van der Waals surface area contributed by atoms with Crippen molar-refractivity contribution in [1.82, 2.24) is 10.6 Å². The minimum absolute atomic E-state index is 0.263. The molecule has 0 aromatic heterocycles. The molecule has 0 saturated heterocycles. The summed E-state index contributed by atoms with van der Waals surface area (Å²) in [4.78, 5) is 11.8. The number of amides is 1. The molecule has 0 aliphatic carbocycles. The van der Waals surface area contributed by atoms with Gasteiger partial charge in [-0.25, -0.2) is 4.79 Å². The number of hydrogen-bond donors (Lipinski definition) is 5. The summed E-state index contributed by atoms with van der Waals surface area (Å²) in [6, 6.07) is 2.81. The van der Waals surface area contributed by atoms with Gasteiger partial charge in [0.15, 0.2) is 11.5 Å². The average Bonchev–Trinajstić information content (AvgIpc) is 2.35. The van der Waals surface area contributed by atoms with Crippen molar-refractivity contribution in [1.29, 1.82) is 0 Å². The Kier molecular flexibility index (Phi) is 5.71. The Labute approximate surface area is 136 Å². The van der Waals surface area contributed by atoms with Gasteiger partial charge in [-0.05, 0) is 40.7 Å². The highest BCUT2D eigenvalue weighted by molar-refractivity contribution is 5.68. The molecular formula is C16H26N2O5. The lowest BCUT2D eigenvalue weighted by Crippen LogP contribution is -2.51. The third-order valence-electron chi connectivity index (χ3n) is 2.94. The van der Waals surface area contributed by atoms with Crippen molar-refractivity contribution in [2.45, 2.75) is 52.3 Å². The molecule has 0 atom stereocenters. The van der Waals surface area contributed by atoms with Crippen LogP contribution in [-0.2, 0) is 11.3 Å². The molecule has 0 radical (unpaired) electrons. The van der Waals surface area contributed by atoms with E-state index in [4.69, 9.17) is 4.74 Å². The van der Waals surface area contributed by atoms with Crippen LogP contribution >= 0.6 is 0 Å². The van der Waals surface area contributed by atoms with Crippen molar-refractivity contribution in [2.24, 2.45) is 0 Å². The second-order valence-corrected chi connectivity index (χ2v) is 7.06. The maximum Gasteiger partial charge on any atom is 0.408 e. The van der Waals surface area contributed by atoms with E-state index in [0.717, 1.165) is 0 Å². The molecule has 0 aliphatic rings. The lowest BCUT2D eigenvalue weighted by atomic mass is 10.1. The van der Waals surface area contributed by atoms with E-state index >= 15 is 0 Å². The maximum atomic E-state index is 11.8. The van der Waals surface area contributed by atoms with Gasteiger partial charge >= 0.3 is 6.09 Å². The number of ether oxygens (including phenoxy) is 1. The number of nitrogens with one attached hydrogen (secondary N) is 2. The molecular weight excluding hydrogens is 300 g/mol. The van der Waals surface area contributed by atoms with Crippen LogP contribution in [0.4, 0.5) is 4.79 Å². The topological polar surface area (TPSA) is 111 Å². The molecule has 0 saturated carbocycles. The summed E-state index contributed by atoms with van der Waals surface area (Å²) in [7, 11) is 0. The quantitative estimate of drug-likeness (QED) is 0.531. The summed E-state index contributed by atoms with van der Waals surface area (Å²) in [5, 5.41) is 34.3. The van der Waals surface area contributed by atoms with Crippen molar-refractivity contribution >= 4 is 6.09 Å². The fourth-order valence-electron chi connectivity index (χ4n) is 1.89. The highest BCUT2D eigenvalue weighted by atomic mass is 16.6. The first-order chi connectivity index (χ1) is 10.4. The van der Waals surface area contributed by atoms with E-state index in [1.807, 2.05) is 13.8 Å². The van der Waals surface area contributed by atoms with E-state index < -0.39 is 23.0 Å². The summed E-state index contributed by atoms with van der Waals surface area (Å²) < 4.78 is 5.21. The minimum Gasteiger partial charge on any atom is -0.504 e. The highest BCUT2D eigenvalue weighted by Gasteiger charge is 2.24. The second-order valence-electron chi connectivity index (χ2n) is 7.06. The maximum absolute atomic E-state index is 11.8. The zero-order chi connectivity index (χ0) is 17.8. The average molecular weight is 326 g/mol. The second kappa shape index (κ2) is 6.95. The van der Waals surface area contributed by atoms with Crippen molar-refractivity contribution in [3.63, 3.8) is 0 Å². The number of alkyl carbamates (subject to hydrolysis) is 1. The van der Waals surface area contributed by atoms with Crippen LogP contribution in [0.5, 0.6) is 17.2 Å². The minimum atomic E-state index is -0.573. The van der Waals surface area contributed by atoms with Gasteiger partial charge < -0.3 is 30.7 Å². The van der Waals surface area contributed by atoms with Crippen molar-refractivity contribution in [2.75, 3.05) is 6.54 Å². The molecule has 0 aliphatic heterocycles. The van der Waals surface area contributed by atoms with E-state index in [-0.39, 0.29) is 18.0 Å². The van der Waals surface area contributed by atoms with Crippen LogP contribution in [0.2, 0.25) is 0 Å². The number of aromatic hydroxyl groups is 3. The number of hydrogen-bond acceptors (Lipinski definition) is 6. The summed E-state index contributed by atoms with van der Waals surface area (Å²) in [5.41, 5.74) is -0.701. The van der Waals surface area contributed by atoms with Gasteiger partial charge in [0, 0.05) is 18.7 Å². The summed E-state index contributed by atoms with van der Waals surface area (Å²) >= 11 is 0. The molecule has 0 unspecified atom stereocenters. The lowest BCUT2D eigenvalue weighted by Gasteiger charge is -2.29. The molecule has 0 bridgehead atoms. The van der Waals surface area contributed by atoms with Gasteiger partial charge in [-0.3, -0.25) is 0 Å². The molecule has 5 N–H and O–H groups in total. The van der Waals surface area contributed by atoms with Gasteiger partial charge in [0.1, 0.15) is 5.60 Å². The number of phenolic OH excluding ortho intramolecular Hbond substituents is 3. The van der Waals surface area contributed by atoms with Crippen LogP contribution in [0.15, 0.2) is 12.1 Å². The van der Waals surface area contributed by atoms with Gasteiger partial charge in [-0.2, -0.15) is 0 Å².